The second kappa shape index (κ2) is 2.19. The Morgan fingerprint density at radius 3 is 2.38 bits per heavy atom. The highest BCUT2D eigenvalue weighted by atomic mass is 16.7. The van der Waals surface area contributed by atoms with Gasteiger partial charge in [-0.25, -0.2) is 0 Å². The van der Waals surface area contributed by atoms with Gasteiger partial charge in [-0.05, 0) is 17.0 Å². The average molecular weight is 180 g/mol. The lowest BCUT2D eigenvalue weighted by Gasteiger charge is -1.97. The molecule has 0 spiro atoms. The number of nitrogens with two attached hydrogens (primary N) is 3. The number of nitrogen functional groups attached to an aromatic ring is 3. The summed E-state index contributed by atoms with van der Waals surface area (Å²) in [7, 11) is 0. The topological polar surface area (TPSA) is 118 Å². The maximum atomic E-state index is 11.0. The number of hydrogen-bond donors (Lipinski definition) is 3. The highest BCUT2D eigenvalue weighted by molar-refractivity contribution is 6.01. The lowest BCUT2D eigenvalue weighted by molar-refractivity contribution is -0.776. The van der Waals surface area contributed by atoms with Crippen molar-refractivity contribution in [2.75, 3.05) is 17.2 Å². The van der Waals surface area contributed by atoms with Crippen molar-refractivity contribution in [1.29, 1.82) is 0 Å². The second-order valence-electron chi connectivity index (χ2n) is 2.68. The lowest BCUT2D eigenvalue weighted by Crippen LogP contribution is -2.26. The van der Waals surface area contributed by atoms with Gasteiger partial charge in [-0.1, -0.05) is 0 Å². The Balaban J connectivity index is 3.00. The molecule has 68 valence electrons. The van der Waals surface area contributed by atoms with Crippen molar-refractivity contribution in [2.24, 2.45) is 0 Å². The van der Waals surface area contributed by atoms with Crippen LogP contribution in [-0.2, 0) is 0 Å². The Morgan fingerprint density at radius 2 is 1.77 bits per heavy atom. The van der Waals surface area contributed by atoms with Gasteiger partial charge in [-0.3, -0.25) is 5.73 Å². The number of hydrogen-bond acceptors (Lipinski definition) is 5. The smallest absolute Gasteiger partial charge is 0.324 e. The molecular weight excluding hydrogens is 172 g/mol. The molecule has 13 heavy (non-hydrogen) atoms. The molecule has 0 atom stereocenters. The van der Waals surface area contributed by atoms with E-state index in [9.17, 15) is 5.21 Å². The Morgan fingerprint density at radius 1 is 1.15 bits per heavy atom. The number of rotatable bonds is 0. The SMILES string of the molecule is Nc1ccc(N)c2c(N)[n+]([O-])oc12. The van der Waals surface area contributed by atoms with Crippen LogP contribution < -0.4 is 22.1 Å². The van der Waals surface area contributed by atoms with E-state index in [0.29, 0.717) is 16.8 Å². The molecule has 0 fully saturated rings. The normalized spacial score (nSPS) is 10.8. The van der Waals surface area contributed by atoms with Crippen molar-refractivity contribution in [3.05, 3.63) is 17.3 Å². The van der Waals surface area contributed by atoms with Gasteiger partial charge in [0.2, 0.25) is 0 Å². The molecule has 6 nitrogen and oxygen atoms in total. The van der Waals surface area contributed by atoms with Crippen molar-refractivity contribution >= 4 is 28.2 Å². The van der Waals surface area contributed by atoms with Crippen LogP contribution in [0.3, 0.4) is 0 Å². The summed E-state index contributed by atoms with van der Waals surface area (Å²) in [6.07, 6.45) is 0. The summed E-state index contributed by atoms with van der Waals surface area (Å²) in [5, 5.41) is 11.3. The number of aromatic nitrogens is 1. The van der Waals surface area contributed by atoms with Crippen molar-refractivity contribution in [3.63, 3.8) is 0 Å². The van der Waals surface area contributed by atoms with Gasteiger partial charge in [0.15, 0.2) is 0 Å². The van der Waals surface area contributed by atoms with Gasteiger partial charge in [0.05, 0.1) is 11.3 Å². The van der Waals surface area contributed by atoms with E-state index < -0.39 is 0 Å². The predicted octanol–water partition coefficient (Wildman–Crippen LogP) is -0.187. The summed E-state index contributed by atoms with van der Waals surface area (Å²) in [5.41, 5.74) is 17.5. The van der Waals surface area contributed by atoms with Crippen LogP contribution in [0, 0.1) is 5.21 Å². The Hall–Kier alpha value is -2.11. The predicted molar refractivity (Wildman–Crippen MR) is 48.4 cm³/mol. The number of fused-ring (bicyclic) bond motifs is 1. The minimum absolute atomic E-state index is 0.0696. The van der Waals surface area contributed by atoms with Crippen LogP contribution in [0.15, 0.2) is 16.7 Å². The first kappa shape index (κ1) is 7.53. The zero-order valence-electron chi connectivity index (χ0n) is 6.65. The first-order valence-electron chi connectivity index (χ1n) is 3.57. The molecule has 0 amide bonds. The first-order chi connectivity index (χ1) is 6.11. The molecule has 6 heteroatoms. The van der Waals surface area contributed by atoms with Gasteiger partial charge in [0.1, 0.15) is 5.39 Å². The molecule has 0 bridgehead atoms. The molecule has 0 radical (unpaired) electrons. The van der Waals surface area contributed by atoms with Gasteiger partial charge in [-0.15, -0.1) is 0 Å². The lowest BCUT2D eigenvalue weighted by atomic mass is 10.2. The van der Waals surface area contributed by atoms with Gasteiger partial charge < -0.3 is 21.2 Å². The minimum Gasteiger partial charge on any atom is -0.437 e. The molecule has 0 unspecified atom stereocenters. The Labute approximate surface area is 73.1 Å². The summed E-state index contributed by atoms with van der Waals surface area (Å²) < 4.78 is 4.74. The Bertz CT molecular complexity index is 477. The summed E-state index contributed by atoms with van der Waals surface area (Å²) in [6.45, 7) is 0. The fourth-order valence-corrected chi connectivity index (χ4v) is 1.20. The van der Waals surface area contributed by atoms with Crippen LogP contribution in [0.4, 0.5) is 17.2 Å². The minimum atomic E-state index is -0.0696. The number of benzene rings is 1. The van der Waals surface area contributed by atoms with Gasteiger partial charge in [-0.2, -0.15) is 0 Å². The molecule has 2 aromatic rings. The Kier molecular flexibility index (Phi) is 1.27. The standard InChI is InChI=1S/C7H8N4O2/c8-3-1-2-4(9)6-5(3)7(10)11(12)13-6/h1-2H,8-10H2. The van der Waals surface area contributed by atoms with Crippen molar-refractivity contribution < 1.29 is 9.43 Å². The molecule has 1 heterocycles. The maximum Gasteiger partial charge on any atom is 0.324 e. The van der Waals surface area contributed by atoms with Gasteiger partial charge >= 0.3 is 5.82 Å². The summed E-state index contributed by atoms with van der Waals surface area (Å²) in [4.78, 5) is 0.192. The van der Waals surface area contributed by atoms with Crippen molar-refractivity contribution in [2.45, 2.75) is 0 Å². The third kappa shape index (κ3) is 0.851. The molecule has 1 aromatic heterocycles. The van der Waals surface area contributed by atoms with Crippen LogP contribution in [0.1, 0.15) is 0 Å². The zero-order valence-corrected chi connectivity index (χ0v) is 6.65. The molecule has 6 N–H and O–H groups in total. The zero-order chi connectivity index (χ0) is 9.59. The third-order valence-corrected chi connectivity index (χ3v) is 1.85. The molecule has 0 aliphatic rings. The summed E-state index contributed by atoms with van der Waals surface area (Å²) in [6, 6.07) is 3.13. The molecule has 0 saturated carbocycles. The fourth-order valence-electron chi connectivity index (χ4n) is 1.20. The summed E-state index contributed by atoms with van der Waals surface area (Å²) >= 11 is 0. The number of anilines is 3. The largest absolute Gasteiger partial charge is 0.437 e. The quantitative estimate of drug-likeness (QED) is 0.383. The van der Waals surface area contributed by atoms with Gasteiger partial charge in [0, 0.05) is 5.69 Å². The van der Waals surface area contributed by atoms with E-state index in [1.165, 1.54) is 0 Å². The summed E-state index contributed by atoms with van der Waals surface area (Å²) in [5.74, 6) is -0.0696. The van der Waals surface area contributed by atoms with E-state index in [4.69, 9.17) is 21.7 Å². The van der Waals surface area contributed by atoms with E-state index in [0.717, 1.165) is 0 Å². The molecule has 0 saturated heterocycles. The van der Waals surface area contributed by atoms with Crippen LogP contribution in [0.5, 0.6) is 0 Å². The first-order valence-corrected chi connectivity index (χ1v) is 3.57. The maximum absolute atomic E-state index is 11.0. The molecule has 1 aromatic carbocycles. The van der Waals surface area contributed by atoms with E-state index in [-0.39, 0.29) is 16.3 Å². The van der Waals surface area contributed by atoms with Crippen LogP contribution in [-0.4, -0.2) is 0 Å². The highest BCUT2D eigenvalue weighted by Crippen LogP contribution is 2.29. The fraction of sp³-hybridized carbons (Fsp3) is 0. The van der Waals surface area contributed by atoms with Crippen LogP contribution in [0.25, 0.3) is 11.0 Å². The molecule has 2 rings (SSSR count). The molecule has 0 aliphatic heterocycles. The van der Waals surface area contributed by atoms with Crippen LogP contribution >= 0.6 is 0 Å². The van der Waals surface area contributed by atoms with E-state index in [1.807, 2.05) is 0 Å². The van der Waals surface area contributed by atoms with Crippen LogP contribution in [0.2, 0.25) is 0 Å². The molecular formula is C7H8N4O2. The van der Waals surface area contributed by atoms with Crippen molar-refractivity contribution in [1.82, 2.24) is 0 Å². The third-order valence-electron chi connectivity index (χ3n) is 1.85. The molecule has 0 aliphatic carbocycles. The number of nitrogens with zero attached hydrogens (tertiary/aromatic N) is 1. The second-order valence-corrected chi connectivity index (χ2v) is 2.68. The van der Waals surface area contributed by atoms with Gasteiger partial charge in [0.25, 0.3) is 0 Å². The van der Waals surface area contributed by atoms with E-state index in [1.54, 1.807) is 12.1 Å². The van der Waals surface area contributed by atoms with E-state index in [2.05, 4.69) is 0 Å². The van der Waals surface area contributed by atoms with Crippen molar-refractivity contribution in [3.8, 4) is 0 Å². The highest BCUT2D eigenvalue weighted by Gasteiger charge is 2.14. The average Bonchev–Trinajstić information content (AvgIpc) is 2.38. The monoisotopic (exact) mass is 180 g/mol. The van der Waals surface area contributed by atoms with E-state index >= 15 is 0 Å².